The Bertz CT molecular complexity index is 1100. The molecule has 0 unspecified atom stereocenters. The molecule has 0 N–H and O–H groups in total. The molecule has 0 saturated carbocycles. The molecular formula is C22H17NO4S2. The fraction of sp³-hybridized carbons (Fsp3) is 0.182. The van der Waals surface area contributed by atoms with E-state index in [0.29, 0.717) is 26.4 Å². The second-order valence-corrected chi connectivity index (χ2v) is 8.44. The first-order chi connectivity index (χ1) is 14.4. The van der Waals surface area contributed by atoms with Crippen LogP contribution in [0.2, 0.25) is 0 Å². The van der Waals surface area contributed by atoms with Crippen molar-refractivity contribution in [2.75, 3.05) is 26.4 Å². The largest absolute Gasteiger partial charge is 0.485 e. The van der Waals surface area contributed by atoms with Crippen LogP contribution in [0.25, 0.3) is 26.8 Å². The van der Waals surface area contributed by atoms with E-state index in [2.05, 4.69) is 41.0 Å². The molecule has 6 rings (SSSR count). The maximum absolute atomic E-state index is 5.96. The van der Waals surface area contributed by atoms with Gasteiger partial charge in [0.25, 0.3) is 0 Å². The fourth-order valence-electron chi connectivity index (χ4n) is 3.73. The molecule has 0 amide bonds. The number of hydrogen-bond acceptors (Lipinski definition) is 6. The molecule has 0 atom stereocenters. The normalized spacial score (nSPS) is 14.8. The van der Waals surface area contributed by atoms with E-state index >= 15 is 0 Å². The van der Waals surface area contributed by atoms with Crippen LogP contribution in [0, 0.1) is 0 Å². The monoisotopic (exact) mass is 423 g/mol. The maximum atomic E-state index is 5.96. The lowest BCUT2D eigenvalue weighted by Crippen LogP contribution is -2.15. The first kappa shape index (κ1) is 17.0. The summed E-state index contributed by atoms with van der Waals surface area (Å²) in [5, 5.41) is 4.05. The molecule has 29 heavy (non-hydrogen) atoms. The van der Waals surface area contributed by atoms with Crippen LogP contribution in [0.3, 0.4) is 0 Å². The van der Waals surface area contributed by atoms with Gasteiger partial charge in [-0.05, 0) is 24.3 Å². The molecule has 7 heteroatoms. The van der Waals surface area contributed by atoms with Crippen molar-refractivity contribution < 1.29 is 18.9 Å². The van der Waals surface area contributed by atoms with Crippen molar-refractivity contribution in [3.8, 4) is 49.8 Å². The van der Waals surface area contributed by atoms with Crippen LogP contribution >= 0.6 is 22.7 Å². The topological polar surface area (TPSA) is 41.9 Å². The van der Waals surface area contributed by atoms with Gasteiger partial charge in [0.2, 0.25) is 0 Å². The molecule has 0 fully saturated rings. The Hall–Kier alpha value is -2.90. The smallest absolute Gasteiger partial charge is 0.181 e. The molecule has 2 aliphatic rings. The number of benzene rings is 1. The van der Waals surface area contributed by atoms with Crippen molar-refractivity contribution in [2.45, 2.75) is 0 Å². The van der Waals surface area contributed by atoms with Gasteiger partial charge in [0.1, 0.15) is 26.4 Å². The SMILES string of the molecule is c1ccc(-n2c(-c3scc4c3OCCO4)ccc2-c2scc3c2OCCO3)cc1. The van der Waals surface area contributed by atoms with Crippen molar-refractivity contribution in [1.29, 1.82) is 0 Å². The van der Waals surface area contributed by atoms with Gasteiger partial charge in [-0.25, -0.2) is 0 Å². The Balaban J connectivity index is 1.57. The standard InChI is InChI=1S/C22H17NO4S2/c1-2-4-14(5-3-1)23-15(21-19-17(12-28-21)24-8-10-26-19)6-7-16(23)22-20-18(13-29-22)25-9-11-27-20/h1-7,12-13H,8-11H2. The summed E-state index contributed by atoms with van der Waals surface area (Å²) in [5.41, 5.74) is 3.23. The zero-order chi connectivity index (χ0) is 19.2. The summed E-state index contributed by atoms with van der Waals surface area (Å²) >= 11 is 3.29. The lowest BCUT2D eigenvalue weighted by Gasteiger charge is -2.19. The average molecular weight is 424 g/mol. The summed E-state index contributed by atoms with van der Waals surface area (Å²) in [6.45, 7) is 2.32. The number of rotatable bonds is 3. The molecule has 5 nitrogen and oxygen atoms in total. The summed E-state index contributed by atoms with van der Waals surface area (Å²) in [7, 11) is 0. The molecule has 0 radical (unpaired) electrons. The molecule has 5 heterocycles. The third kappa shape index (κ3) is 2.73. The summed E-state index contributed by atoms with van der Waals surface area (Å²) in [6, 6.07) is 14.6. The Labute approximate surface area is 175 Å². The highest BCUT2D eigenvalue weighted by molar-refractivity contribution is 7.14. The predicted molar refractivity (Wildman–Crippen MR) is 114 cm³/mol. The van der Waals surface area contributed by atoms with Crippen molar-refractivity contribution in [3.63, 3.8) is 0 Å². The number of fused-ring (bicyclic) bond motifs is 2. The zero-order valence-electron chi connectivity index (χ0n) is 15.4. The minimum absolute atomic E-state index is 0.569. The van der Waals surface area contributed by atoms with Gasteiger partial charge < -0.3 is 23.5 Å². The van der Waals surface area contributed by atoms with Gasteiger partial charge in [-0.1, -0.05) is 18.2 Å². The third-order valence-electron chi connectivity index (χ3n) is 4.96. The maximum Gasteiger partial charge on any atom is 0.181 e. The van der Waals surface area contributed by atoms with Crippen LogP contribution in [0.4, 0.5) is 0 Å². The summed E-state index contributed by atoms with van der Waals surface area (Å²) in [4.78, 5) is 2.13. The van der Waals surface area contributed by atoms with E-state index in [9.17, 15) is 0 Å². The second kappa shape index (κ2) is 6.86. The fourth-order valence-corrected chi connectivity index (χ4v) is 5.62. The lowest BCUT2D eigenvalue weighted by atomic mass is 10.2. The summed E-state index contributed by atoms with van der Waals surface area (Å²) in [5.74, 6) is 3.31. The molecule has 0 bridgehead atoms. The van der Waals surface area contributed by atoms with Gasteiger partial charge >= 0.3 is 0 Å². The first-order valence-corrected chi connectivity index (χ1v) is 11.2. The molecule has 0 saturated heterocycles. The van der Waals surface area contributed by atoms with E-state index in [4.69, 9.17) is 18.9 Å². The quantitative estimate of drug-likeness (QED) is 0.438. The molecule has 146 valence electrons. The lowest BCUT2D eigenvalue weighted by molar-refractivity contribution is 0.174. The van der Waals surface area contributed by atoms with Gasteiger partial charge in [0.15, 0.2) is 23.0 Å². The molecule has 0 aliphatic carbocycles. The number of thiophene rings is 2. The summed E-state index contributed by atoms with van der Waals surface area (Å²) in [6.07, 6.45) is 0. The average Bonchev–Trinajstić information content (AvgIpc) is 3.50. The van der Waals surface area contributed by atoms with E-state index in [1.54, 1.807) is 22.7 Å². The van der Waals surface area contributed by atoms with E-state index in [1.807, 2.05) is 16.8 Å². The minimum Gasteiger partial charge on any atom is -0.485 e. The molecule has 0 spiro atoms. The van der Waals surface area contributed by atoms with Crippen LogP contribution in [0.1, 0.15) is 0 Å². The van der Waals surface area contributed by atoms with E-state index in [1.165, 1.54) is 0 Å². The number of hydrogen-bond donors (Lipinski definition) is 0. The Kier molecular flexibility index (Phi) is 4.02. The van der Waals surface area contributed by atoms with Crippen molar-refractivity contribution in [1.82, 2.24) is 4.57 Å². The number of ether oxygens (including phenoxy) is 4. The van der Waals surface area contributed by atoms with Crippen molar-refractivity contribution >= 4 is 22.7 Å². The van der Waals surface area contributed by atoms with E-state index < -0.39 is 0 Å². The van der Waals surface area contributed by atoms with Gasteiger partial charge in [-0.15, -0.1) is 22.7 Å². The van der Waals surface area contributed by atoms with Crippen LogP contribution in [0.15, 0.2) is 53.2 Å². The van der Waals surface area contributed by atoms with Crippen LogP contribution < -0.4 is 18.9 Å². The highest BCUT2D eigenvalue weighted by Crippen LogP contribution is 2.50. The molecule has 3 aromatic heterocycles. The van der Waals surface area contributed by atoms with Crippen LogP contribution in [-0.2, 0) is 0 Å². The summed E-state index contributed by atoms with van der Waals surface area (Å²) < 4.78 is 25.7. The van der Waals surface area contributed by atoms with Gasteiger partial charge in [-0.3, -0.25) is 0 Å². The molecule has 1 aromatic carbocycles. The number of nitrogens with zero attached hydrogens (tertiary/aromatic N) is 1. The highest BCUT2D eigenvalue weighted by Gasteiger charge is 2.27. The second-order valence-electron chi connectivity index (χ2n) is 6.69. The number of aromatic nitrogens is 1. The molecular weight excluding hydrogens is 406 g/mol. The zero-order valence-corrected chi connectivity index (χ0v) is 17.1. The Morgan fingerprint density at radius 3 is 1.69 bits per heavy atom. The molecule has 4 aromatic rings. The number of para-hydroxylation sites is 1. The Morgan fingerprint density at radius 2 is 1.14 bits per heavy atom. The predicted octanol–water partition coefficient (Wildman–Crippen LogP) is 5.48. The van der Waals surface area contributed by atoms with E-state index in [0.717, 1.165) is 49.8 Å². The minimum atomic E-state index is 0.569. The van der Waals surface area contributed by atoms with Crippen molar-refractivity contribution in [3.05, 3.63) is 53.2 Å². The first-order valence-electron chi connectivity index (χ1n) is 9.42. The van der Waals surface area contributed by atoms with Crippen molar-refractivity contribution in [2.24, 2.45) is 0 Å². The van der Waals surface area contributed by atoms with Crippen LogP contribution in [-0.4, -0.2) is 31.0 Å². The molecule has 2 aliphatic heterocycles. The van der Waals surface area contributed by atoms with Gasteiger partial charge in [0, 0.05) is 16.4 Å². The Morgan fingerprint density at radius 1 is 0.621 bits per heavy atom. The third-order valence-corrected chi connectivity index (χ3v) is 6.89. The van der Waals surface area contributed by atoms with Crippen LogP contribution in [0.5, 0.6) is 23.0 Å². The van der Waals surface area contributed by atoms with Gasteiger partial charge in [0.05, 0.1) is 21.1 Å². The van der Waals surface area contributed by atoms with E-state index in [-0.39, 0.29) is 0 Å². The highest BCUT2D eigenvalue weighted by atomic mass is 32.1. The van der Waals surface area contributed by atoms with Gasteiger partial charge in [-0.2, -0.15) is 0 Å².